The summed E-state index contributed by atoms with van der Waals surface area (Å²) >= 11 is 0. The molecule has 0 aromatic heterocycles. The second-order valence-corrected chi connectivity index (χ2v) is 2.59. The van der Waals surface area contributed by atoms with Gasteiger partial charge in [0.25, 0.3) is 0 Å². The maximum atomic E-state index is 9.00. The fourth-order valence-electron chi connectivity index (χ4n) is 1.23. The van der Waals surface area contributed by atoms with E-state index in [9.17, 15) is 0 Å². The zero-order valence-electron chi connectivity index (χ0n) is 7.45. The molecular formula is C10H11NO2. The van der Waals surface area contributed by atoms with Crippen LogP contribution in [-0.4, -0.2) is 12.2 Å². The Morgan fingerprint density at radius 1 is 1.54 bits per heavy atom. The van der Waals surface area contributed by atoms with Crippen LogP contribution >= 0.6 is 0 Å². The third-order valence-corrected chi connectivity index (χ3v) is 1.88. The van der Waals surface area contributed by atoms with E-state index in [-0.39, 0.29) is 13.0 Å². The largest absolute Gasteiger partial charge is 0.496 e. The third kappa shape index (κ3) is 1.98. The van der Waals surface area contributed by atoms with Crippen molar-refractivity contribution in [2.45, 2.75) is 13.0 Å². The molecule has 0 aliphatic rings. The van der Waals surface area contributed by atoms with Gasteiger partial charge in [0.05, 0.1) is 26.2 Å². The Morgan fingerprint density at radius 2 is 2.31 bits per heavy atom. The van der Waals surface area contributed by atoms with Crippen LogP contribution in [0.25, 0.3) is 0 Å². The van der Waals surface area contributed by atoms with Crippen molar-refractivity contribution in [3.05, 3.63) is 29.3 Å². The highest BCUT2D eigenvalue weighted by Gasteiger charge is 2.06. The van der Waals surface area contributed by atoms with E-state index < -0.39 is 0 Å². The molecule has 0 bridgehead atoms. The molecule has 0 amide bonds. The molecule has 1 aromatic carbocycles. The van der Waals surface area contributed by atoms with Gasteiger partial charge in [-0.15, -0.1) is 0 Å². The monoisotopic (exact) mass is 177 g/mol. The molecule has 0 fully saturated rings. The maximum Gasteiger partial charge on any atom is 0.123 e. The first-order valence-corrected chi connectivity index (χ1v) is 3.96. The highest BCUT2D eigenvalue weighted by molar-refractivity contribution is 5.41. The second-order valence-electron chi connectivity index (χ2n) is 2.59. The van der Waals surface area contributed by atoms with Crippen LogP contribution < -0.4 is 4.74 Å². The van der Waals surface area contributed by atoms with Crippen molar-refractivity contribution in [3.8, 4) is 11.8 Å². The van der Waals surface area contributed by atoms with Crippen LogP contribution in [0.1, 0.15) is 11.1 Å². The van der Waals surface area contributed by atoms with E-state index in [2.05, 4.69) is 0 Å². The first kappa shape index (κ1) is 9.56. The molecule has 0 heterocycles. The molecular weight excluding hydrogens is 166 g/mol. The van der Waals surface area contributed by atoms with Crippen LogP contribution in [0.4, 0.5) is 0 Å². The topological polar surface area (TPSA) is 53.2 Å². The van der Waals surface area contributed by atoms with Crippen LogP contribution in [0.5, 0.6) is 5.75 Å². The number of nitriles is 1. The summed E-state index contributed by atoms with van der Waals surface area (Å²) in [5.74, 6) is 0.660. The molecule has 3 nitrogen and oxygen atoms in total. The normalized spacial score (nSPS) is 9.31. The number of aliphatic hydroxyl groups excluding tert-OH is 1. The van der Waals surface area contributed by atoms with Crippen molar-refractivity contribution in [2.24, 2.45) is 0 Å². The van der Waals surface area contributed by atoms with Crippen molar-refractivity contribution in [1.82, 2.24) is 0 Å². The third-order valence-electron chi connectivity index (χ3n) is 1.88. The van der Waals surface area contributed by atoms with E-state index in [0.29, 0.717) is 5.75 Å². The zero-order valence-corrected chi connectivity index (χ0v) is 7.45. The lowest BCUT2D eigenvalue weighted by atomic mass is 10.0. The molecule has 0 atom stereocenters. The predicted molar refractivity (Wildman–Crippen MR) is 48.2 cm³/mol. The number of aliphatic hydroxyl groups is 1. The fourth-order valence-corrected chi connectivity index (χ4v) is 1.23. The van der Waals surface area contributed by atoms with Crippen molar-refractivity contribution in [1.29, 1.82) is 5.26 Å². The summed E-state index contributed by atoms with van der Waals surface area (Å²) in [5.41, 5.74) is 1.52. The van der Waals surface area contributed by atoms with E-state index in [1.807, 2.05) is 6.07 Å². The Bertz CT molecular complexity index is 306. The number of rotatable bonds is 3. The van der Waals surface area contributed by atoms with E-state index >= 15 is 0 Å². The van der Waals surface area contributed by atoms with Crippen LogP contribution in [0.2, 0.25) is 0 Å². The van der Waals surface area contributed by atoms with Gasteiger partial charge in [-0.2, -0.15) is 5.26 Å². The van der Waals surface area contributed by atoms with Gasteiger partial charge in [0.15, 0.2) is 0 Å². The number of nitrogens with zero attached hydrogens (tertiary/aromatic N) is 1. The minimum Gasteiger partial charge on any atom is -0.496 e. The van der Waals surface area contributed by atoms with Crippen LogP contribution in [0.15, 0.2) is 18.2 Å². The predicted octanol–water partition coefficient (Wildman–Crippen LogP) is 1.25. The standard InChI is InChI=1S/C10H11NO2/c1-13-10-4-2-3-8(7-12)9(10)5-6-11/h2-4,12H,5,7H2,1H3. The molecule has 1 aromatic rings. The number of benzene rings is 1. The summed E-state index contributed by atoms with van der Waals surface area (Å²) in [6.07, 6.45) is 0.264. The highest BCUT2D eigenvalue weighted by Crippen LogP contribution is 2.22. The van der Waals surface area contributed by atoms with Gasteiger partial charge >= 0.3 is 0 Å². The lowest BCUT2D eigenvalue weighted by Crippen LogP contribution is -1.97. The van der Waals surface area contributed by atoms with Crippen molar-refractivity contribution >= 4 is 0 Å². The second kappa shape index (κ2) is 4.48. The van der Waals surface area contributed by atoms with Crippen molar-refractivity contribution < 1.29 is 9.84 Å². The van der Waals surface area contributed by atoms with E-state index in [4.69, 9.17) is 15.1 Å². The molecule has 3 heteroatoms. The minimum absolute atomic E-state index is 0.0613. The molecule has 0 spiro atoms. The average Bonchev–Trinajstić information content (AvgIpc) is 2.18. The molecule has 0 aliphatic heterocycles. The molecule has 1 N–H and O–H groups in total. The van der Waals surface area contributed by atoms with Crippen LogP contribution in [-0.2, 0) is 13.0 Å². The Labute approximate surface area is 77.2 Å². The molecule has 0 saturated heterocycles. The van der Waals surface area contributed by atoms with Crippen LogP contribution in [0, 0.1) is 11.3 Å². The van der Waals surface area contributed by atoms with Gasteiger partial charge in [-0.1, -0.05) is 12.1 Å². The Balaban J connectivity index is 3.14. The summed E-state index contributed by atoms with van der Waals surface area (Å²) in [4.78, 5) is 0. The first-order chi connectivity index (χ1) is 6.33. The summed E-state index contributed by atoms with van der Waals surface area (Å²) in [6.45, 7) is -0.0613. The number of hydrogen-bond donors (Lipinski definition) is 1. The van der Waals surface area contributed by atoms with Crippen molar-refractivity contribution in [2.75, 3.05) is 7.11 Å². The van der Waals surface area contributed by atoms with Crippen LogP contribution in [0.3, 0.4) is 0 Å². The summed E-state index contributed by atoms with van der Waals surface area (Å²) in [6, 6.07) is 7.41. The minimum atomic E-state index is -0.0613. The Morgan fingerprint density at radius 3 is 2.85 bits per heavy atom. The Hall–Kier alpha value is -1.53. The van der Waals surface area contributed by atoms with Crippen molar-refractivity contribution in [3.63, 3.8) is 0 Å². The molecule has 1 rings (SSSR count). The van der Waals surface area contributed by atoms with Gasteiger partial charge in [-0.3, -0.25) is 0 Å². The van der Waals surface area contributed by atoms with E-state index in [0.717, 1.165) is 11.1 Å². The lowest BCUT2D eigenvalue weighted by Gasteiger charge is -2.08. The average molecular weight is 177 g/mol. The van der Waals surface area contributed by atoms with Gasteiger partial charge in [-0.05, 0) is 11.6 Å². The molecule has 0 unspecified atom stereocenters. The molecule has 0 radical (unpaired) electrons. The molecule has 0 aliphatic carbocycles. The number of ether oxygens (including phenoxy) is 1. The molecule has 68 valence electrons. The SMILES string of the molecule is COc1cccc(CO)c1CC#N. The number of hydrogen-bond acceptors (Lipinski definition) is 3. The summed E-state index contributed by atoms with van der Waals surface area (Å²) in [7, 11) is 1.55. The summed E-state index contributed by atoms with van der Waals surface area (Å²) in [5, 5.41) is 17.6. The van der Waals surface area contributed by atoms with E-state index in [1.54, 1.807) is 25.3 Å². The van der Waals surface area contributed by atoms with Gasteiger partial charge in [0.1, 0.15) is 5.75 Å². The maximum absolute atomic E-state index is 9.00. The van der Waals surface area contributed by atoms with Gasteiger partial charge < -0.3 is 9.84 Å². The smallest absolute Gasteiger partial charge is 0.123 e. The Kier molecular flexibility index (Phi) is 3.30. The zero-order chi connectivity index (χ0) is 9.68. The van der Waals surface area contributed by atoms with Gasteiger partial charge in [0, 0.05) is 5.56 Å². The quantitative estimate of drug-likeness (QED) is 0.756. The number of methoxy groups -OCH3 is 1. The fraction of sp³-hybridized carbons (Fsp3) is 0.300. The van der Waals surface area contributed by atoms with Gasteiger partial charge in [-0.25, -0.2) is 0 Å². The first-order valence-electron chi connectivity index (χ1n) is 3.96. The molecule has 13 heavy (non-hydrogen) atoms. The van der Waals surface area contributed by atoms with Gasteiger partial charge in [0.2, 0.25) is 0 Å². The lowest BCUT2D eigenvalue weighted by molar-refractivity contribution is 0.279. The molecule has 0 saturated carbocycles. The highest BCUT2D eigenvalue weighted by atomic mass is 16.5. The summed E-state index contributed by atoms with van der Waals surface area (Å²) < 4.78 is 5.08. The van der Waals surface area contributed by atoms with E-state index in [1.165, 1.54) is 0 Å².